The maximum Gasteiger partial charge on any atom is -0.00515 e. The highest BCUT2D eigenvalue weighted by molar-refractivity contribution is 4.55. The van der Waals surface area contributed by atoms with Gasteiger partial charge in [-0.2, -0.15) is 0 Å². The molecule has 0 saturated carbocycles. The summed E-state index contributed by atoms with van der Waals surface area (Å²) in [5, 5.41) is 0. The van der Waals surface area contributed by atoms with Crippen LogP contribution in [0.25, 0.3) is 0 Å². The third-order valence-electron chi connectivity index (χ3n) is 7.68. The number of hydrogen-bond donors (Lipinski definition) is 12. The number of hydrogen-bond acceptors (Lipinski definition) is 12. The molecule has 0 aromatic rings. The lowest BCUT2D eigenvalue weighted by Gasteiger charge is -2.04. The van der Waals surface area contributed by atoms with Gasteiger partial charge in [0.1, 0.15) is 0 Å². The lowest BCUT2D eigenvalue weighted by molar-refractivity contribution is 0.525. The lowest BCUT2D eigenvalue weighted by Crippen LogP contribution is -2.12. The molecule has 0 saturated heterocycles. The molecule has 0 spiro atoms. The van der Waals surface area contributed by atoms with E-state index in [1.165, 1.54) is 44.9 Å². The van der Waals surface area contributed by atoms with Crippen molar-refractivity contribution in [2.24, 2.45) is 98.4 Å². The van der Waals surface area contributed by atoms with E-state index in [-0.39, 0.29) is 0 Å². The molecule has 0 heterocycles. The molecule has 0 aromatic carbocycles. The Morgan fingerprint density at radius 1 is 0.229 bits per heavy atom. The van der Waals surface area contributed by atoms with Gasteiger partial charge in [-0.15, -0.1) is 0 Å². The molecule has 24 N–H and O–H groups in total. The molecule has 0 bridgehead atoms. The van der Waals surface area contributed by atoms with Gasteiger partial charge in [-0.05, 0) is 185 Å². The van der Waals surface area contributed by atoms with E-state index in [9.17, 15) is 0 Å². The van der Waals surface area contributed by atoms with E-state index in [0.717, 1.165) is 123 Å². The van der Waals surface area contributed by atoms with Crippen LogP contribution in [0.15, 0.2) is 0 Å². The first-order valence-corrected chi connectivity index (χ1v) is 19.4. The minimum atomic E-state index is 0.651. The molecule has 0 aliphatic heterocycles. The Kier molecular flexibility index (Phi) is 73.0. The second kappa shape index (κ2) is 58.7. The molecule has 0 fully saturated rings. The van der Waals surface area contributed by atoms with Crippen molar-refractivity contribution in [3.63, 3.8) is 0 Å². The number of nitrogens with two attached hydrogens (primary N) is 12. The fourth-order valence-corrected chi connectivity index (χ4v) is 3.56. The molecule has 5 atom stereocenters. The predicted octanol–water partition coefficient (Wildman–Crippen LogP) is 2.06. The summed E-state index contributed by atoms with van der Waals surface area (Å²) in [6.45, 7) is 20.3. The summed E-state index contributed by atoms with van der Waals surface area (Å²) >= 11 is 0. The van der Waals surface area contributed by atoms with E-state index >= 15 is 0 Å². The normalized spacial score (nSPS) is 13.2. The first kappa shape index (κ1) is 59.7. The van der Waals surface area contributed by atoms with Gasteiger partial charge in [0.15, 0.2) is 0 Å². The summed E-state index contributed by atoms with van der Waals surface area (Å²) in [4.78, 5) is 0. The highest BCUT2D eigenvalue weighted by Crippen LogP contribution is 2.02. The fraction of sp³-hybridized carbons (Fsp3) is 1.00. The van der Waals surface area contributed by atoms with Gasteiger partial charge >= 0.3 is 0 Å². The zero-order valence-electron chi connectivity index (χ0n) is 33.2. The quantitative estimate of drug-likeness (QED) is 0.0610. The summed E-state index contributed by atoms with van der Waals surface area (Å²) < 4.78 is 0. The third-order valence-corrected chi connectivity index (χ3v) is 7.68. The Balaban J connectivity index is -0.000000110. The summed E-state index contributed by atoms with van der Waals surface area (Å²) in [7, 11) is 0. The number of rotatable bonds is 25. The topological polar surface area (TPSA) is 312 Å². The van der Waals surface area contributed by atoms with Crippen molar-refractivity contribution in [3.8, 4) is 0 Å². The SMILES string of the molecule is CC(CN)CCCN.CC(CN)CCCN.CC(CN)CCCN.CC(CN)CCCN.CC(CN)CCCN.NCCCCCCN. The van der Waals surface area contributed by atoms with Crippen LogP contribution in [0.5, 0.6) is 0 Å². The van der Waals surface area contributed by atoms with Crippen molar-refractivity contribution in [2.75, 3.05) is 78.5 Å². The van der Waals surface area contributed by atoms with Crippen LogP contribution in [0.1, 0.15) is 125 Å². The van der Waals surface area contributed by atoms with E-state index in [1.54, 1.807) is 0 Å². The highest BCUT2D eigenvalue weighted by Gasteiger charge is 1.97. The zero-order chi connectivity index (χ0) is 38.3. The summed E-state index contributed by atoms with van der Waals surface area (Å²) in [6.07, 6.45) is 16.2. The molecule has 5 unspecified atom stereocenters. The molecule has 0 radical (unpaired) electrons. The van der Waals surface area contributed by atoms with Gasteiger partial charge in [-0.3, -0.25) is 0 Å². The maximum absolute atomic E-state index is 5.37. The second-order valence-corrected chi connectivity index (χ2v) is 13.4. The Labute approximate surface area is 301 Å². The van der Waals surface area contributed by atoms with Crippen LogP contribution in [0.4, 0.5) is 0 Å². The van der Waals surface area contributed by atoms with Gasteiger partial charge in [0.05, 0.1) is 0 Å². The average molecular weight is 697 g/mol. The van der Waals surface area contributed by atoms with Crippen molar-refractivity contribution in [1.82, 2.24) is 0 Å². The Morgan fingerprint density at radius 3 is 0.479 bits per heavy atom. The molecule has 0 aromatic heterocycles. The third kappa shape index (κ3) is 75.7. The van der Waals surface area contributed by atoms with Gasteiger partial charge in [0, 0.05) is 0 Å². The van der Waals surface area contributed by atoms with E-state index in [1.807, 2.05) is 0 Å². The molecule has 12 nitrogen and oxygen atoms in total. The minimum absolute atomic E-state index is 0.651. The van der Waals surface area contributed by atoms with Gasteiger partial charge in [-0.25, -0.2) is 0 Å². The molecular weight excluding hydrogens is 600 g/mol. The van der Waals surface area contributed by atoms with Crippen molar-refractivity contribution in [3.05, 3.63) is 0 Å². The van der Waals surface area contributed by atoms with E-state index in [0.29, 0.717) is 29.6 Å². The van der Waals surface area contributed by atoms with Crippen LogP contribution >= 0.6 is 0 Å². The summed E-state index contributed by atoms with van der Waals surface area (Å²) in [5.74, 6) is 3.26. The standard InChI is InChI=1S/6C6H16N2/c5*1-6(5-8)3-2-4-7;7-5-3-1-2-4-6-8/h5*6H,2-5,7-8H2,1H3;1-8H2. The van der Waals surface area contributed by atoms with Crippen molar-refractivity contribution < 1.29 is 0 Å². The van der Waals surface area contributed by atoms with Crippen LogP contribution in [-0.4, -0.2) is 78.5 Å². The minimum Gasteiger partial charge on any atom is -0.330 e. The van der Waals surface area contributed by atoms with Crippen molar-refractivity contribution in [1.29, 1.82) is 0 Å². The monoisotopic (exact) mass is 697 g/mol. The molecule has 48 heavy (non-hydrogen) atoms. The fourth-order valence-electron chi connectivity index (χ4n) is 3.56. The van der Waals surface area contributed by atoms with Crippen LogP contribution < -0.4 is 68.8 Å². The molecule has 300 valence electrons. The summed E-state index contributed by atoms with van der Waals surface area (Å²) in [6, 6.07) is 0. The molecule has 0 amide bonds. The molecule has 0 aliphatic rings. The van der Waals surface area contributed by atoms with Crippen molar-refractivity contribution in [2.45, 2.75) is 125 Å². The van der Waals surface area contributed by atoms with Crippen LogP contribution in [0, 0.1) is 29.6 Å². The average Bonchev–Trinajstić information content (AvgIpc) is 3.12. The Bertz CT molecular complexity index is 391. The lowest BCUT2D eigenvalue weighted by atomic mass is 10.1. The van der Waals surface area contributed by atoms with Gasteiger partial charge in [-0.1, -0.05) is 47.5 Å². The molecule has 12 heteroatoms. The van der Waals surface area contributed by atoms with Crippen molar-refractivity contribution >= 4 is 0 Å². The zero-order valence-corrected chi connectivity index (χ0v) is 33.2. The van der Waals surface area contributed by atoms with Gasteiger partial charge in [0.25, 0.3) is 0 Å². The summed E-state index contributed by atoms with van der Waals surface area (Å²) in [5.41, 5.74) is 63.9. The van der Waals surface area contributed by atoms with E-state index in [2.05, 4.69) is 34.6 Å². The van der Waals surface area contributed by atoms with E-state index in [4.69, 9.17) is 68.8 Å². The second-order valence-electron chi connectivity index (χ2n) is 13.4. The first-order valence-electron chi connectivity index (χ1n) is 19.4. The van der Waals surface area contributed by atoms with Gasteiger partial charge < -0.3 is 68.8 Å². The maximum atomic E-state index is 5.37. The molecular formula is C36H96N12. The van der Waals surface area contributed by atoms with Crippen LogP contribution in [0.2, 0.25) is 0 Å². The Morgan fingerprint density at radius 2 is 0.375 bits per heavy atom. The first-order chi connectivity index (χ1) is 23.0. The molecule has 0 rings (SSSR count). The Hall–Kier alpha value is -0.480. The van der Waals surface area contributed by atoms with Crippen LogP contribution in [-0.2, 0) is 0 Å². The van der Waals surface area contributed by atoms with Gasteiger partial charge in [0.2, 0.25) is 0 Å². The molecule has 0 aliphatic carbocycles. The van der Waals surface area contributed by atoms with Crippen LogP contribution in [0.3, 0.4) is 0 Å². The predicted molar refractivity (Wildman–Crippen MR) is 219 cm³/mol. The number of unbranched alkanes of at least 4 members (excludes halogenated alkanes) is 3. The van der Waals surface area contributed by atoms with E-state index < -0.39 is 0 Å². The highest BCUT2D eigenvalue weighted by atomic mass is 14.6. The largest absolute Gasteiger partial charge is 0.330 e. The smallest absolute Gasteiger partial charge is 0.00515 e.